The largest absolute Gasteiger partial charge is 0.340 e. The minimum atomic E-state index is -0.676. The van der Waals surface area contributed by atoms with Gasteiger partial charge in [-0.05, 0) is 53.3 Å². The summed E-state index contributed by atoms with van der Waals surface area (Å²) in [5.74, 6) is -0.662. The number of hydrogen-bond donors (Lipinski definition) is 2. The van der Waals surface area contributed by atoms with Gasteiger partial charge in [0.05, 0.1) is 11.6 Å². The Balaban J connectivity index is 2.09. The molecule has 0 fully saturated rings. The number of carbonyl (C=O) groups excluding carboxylic acids is 2. The van der Waals surface area contributed by atoms with Crippen molar-refractivity contribution in [2.75, 3.05) is 5.32 Å². The molecule has 0 bridgehead atoms. The summed E-state index contributed by atoms with van der Waals surface area (Å²) in [6.07, 6.45) is 0. The van der Waals surface area contributed by atoms with E-state index in [1.807, 2.05) is 32.0 Å². The molecule has 0 saturated heterocycles. The van der Waals surface area contributed by atoms with Crippen molar-refractivity contribution >= 4 is 17.5 Å². The number of nitriles is 1. The van der Waals surface area contributed by atoms with Gasteiger partial charge in [-0.2, -0.15) is 5.26 Å². The lowest BCUT2D eigenvalue weighted by Crippen LogP contribution is -2.47. The summed E-state index contributed by atoms with van der Waals surface area (Å²) in [6.45, 7) is 10.1. The van der Waals surface area contributed by atoms with Crippen molar-refractivity contribution in [2.45, 2.75) is 46.1 Å². The highest BCUT2D eigenvalue weighted by molar-refractivity contribution is 6.01. The van der Waals surface area contributed by atoms with Crippen LogP contribution in [0.15, 0.2) is 48.5 Å². The number of nitrogens with zero attached hydrogens (tertiary/aromatic N) is 1. The molecule has 5 nitrogen and oxygen atoms in total. The van der Waals surface area contributed by atoms with E-state index in [0.717, 1.165) is 5.56 Å². The summed E-state index contributed by atoms with van der Waals surface area (Å²) in [5.41, 5.74) is 2.77. The smallest absolute Gasteiger partial charge is 0.251 e. The first-order valence-electron chi connectivity index (χ1n) is 9.34. The van der Waals surface area contributed by atoms with E-state index in [0.29, 0.717) is 16.8 Å². The van der Waals surface area contributed by atoms with Crippen LogP contribution in [0.3, 0.4) is 0 Å². The lowest BCUT2D eigenvalue weighted by Gasteiger charge is -2.22. The van der Waals surface area contributed by atoms with Gasteiger partial charge in [0, 0.05) is 11.3 Å². The van der Waals surface area contributed by atoms with E-state index < -0.39 is 6.04 Å². The fourth-order valence-corrected chi connectivity index (χ4v) is 2.73. The van der Waals surface area contributed by atoms with Crippen molar-refractivity contribution in [1.29, 1.82) is 5.26 Å². The Kier molecular flexibility index (Phi) is 6.58. The number of rotatable bonds is 5. The zero-order valence-corrected chi connectivity index (χ0v) is 17.0. The predicted molar refractivity (Wildman–Crippen MR) is 111 cm³/mol. The maximum absolute atomic E-state index is 12.7. The number of carbonyl (C=O) groups is 2. The van der Waals surface area contributed by atoms with Crippen molar-refractivity contribution in [1.82, 2.24) is 5.32 Å². The molecule has 5 heteroatoms. The molecule has 1 atom stereocenters. The molecule has 2 rings (SSSR count). The summed E-state index contributed by atoms with van der Waals surface area (Å²) in [7, 11) is 0. The van der Waals surface area contributed by atoms with Crippen LogP contribution >= 0.6 is 0 Å². The van der Waals surface area contributed by atoms with E-state index in [4.69, 9.17) is 5.26 Å². The highest BCUT2D eigenvalue weighted by Crippen LogP contribution is 2.22. The van der Waals surface area contributed by atoms with Crippen LogP contribution in [-0.4, -0.2) is 17.9 Å². The summed E-state index contributed by atoms with van der Waals surface area (Å²) >= 11 is 0. The van der Waals surface area contributed by atoms with E-state index in [2.05, 4.69) is 31.4 Å². The molecule has 0 saturated carbocycles. The van der Waals surface area contributed by atoms with Crippen molar-refractivity contribution < 1.29 is 9.59 Å². The second-order valence-electron chi connectivity index (χ2n) is 8.20. The molecule has 0 aliphatic carbocycles. The van der Waals surface area contributed by atoms with Crippen LogP contribution in [0.1, 0.15) is 56.1 Å². The number of anilines is 1. The Morgan fingerprint density at radius 2 is 1.54 bits per heavy atom. The molecular weight excluding hydrogens is 350 g/mol. The standard InChI is InChI=1S/C23H27N3O2/c1-15(2)20(22(28)25-19-12-6-16(14-24)7-13-19)26-21(27)17-8-10-18(11-9-17)23(3,4)5/h6-13,15,20H,1-5H3,(H,25,28)(H,26,27)/t20-/m0/s1. The van der Waals surface area contributed by atoms with Crippen LogP contribution in [-0.2, 0) is 10.2 Å². The second kappa shape index (κ2) is 8.71. The zero-order valence-electron chi connectivity index (χ0n) is 17.0. The highest BCUT2D eigenvalue weighted by Gasteiger charge is 2.25. The molecule has 0 aliphatic heterocycles. The molecule has 0 heterocycles. The average Bonchev–Trinajstić information content (AvgIpc) is 2.65. The van der Waals surface area contributed by atoms with Gasteiger partial charge in [-0.15, -0.1) is 0 Å². The van der Waals surface area contributed by atoms with Gasteiger partial charge >= 0.3 is 0 Å². The summed E-state index contributed by atoms with van der Waals surface area (Å²) < 4.78 is 0. The molecule has 0 aromatic heterocycles. The molecule has 2 amide bonds. The Morgan fingerprint density at radius 1 is 0.964 bits per heavy atom. The van der Waals surface area contributed by atoms with Crippen molar-refractivity contribution in [2.24, 2.45) is 5.92 Å². The van der Waals surface area contributed by atoms with Crippen molar-refractivity contribution in [3.63, 3.8) is 0 Å². The molecule has 146 valence electrons. The van der Waals surface area contributed by atoms with Gasteiger partial charge in [0.25, 0.3) is 5.91 Å². The molecule has 0 aliphatic rings. The molecule has 2 N–H and O–H groups in total. The van der Waals surface area contributed by atoms with Crippen molar-refractivity contribution in [3.8, 4) is 6.07 Å². The lowest BCUT2D eigenvalue weighted by atomic mass is 9.86. The number of nitrogens with one attached hydrogen (secondary N) is 2. The number of benzene rings is 2. The minimum Gasteiger partial charge on any atom is -0.340 e. The minimum absolute atomic E-state index is 0.0104. The van der Waals surface area contributed by atoms with Gasteiger partial charge < -0.3 is 10.6 Å². The quantitative estimate of drug-likeness (QED) is 0.817. The fourth-order valence-electron chi connectivity index (χ4n) is 2.73. The lowest BCUT2D eigenvalue weighted by molar-refractivity contribution is -0.118. The molecule has 0 spiro atoms. The second-order valence-corrected chi connectivity index (χ2v) is 8.20. The molecule has 0 unspecified atom stereocenters. The van der Waals surface area contributed by atoms with Gasteiger partial charge in [0.1, 0.15) is 6.04 Å². The Bertz CT molecular complexity index is 870. The number of amides is 2. The van der Waals surface area contributed by atoms with E-state index in [1.54, 1.807) is 36.4 Å². The monoisotopic (exact) mass is 377 g/mol. The van der Waals surface area contributed by atoms with Gasteiger partial charge in [-0.1, -0.05) is 46.8 Å². The maximum Gasteiger partial charge on any atom is 0.251 e. The maximum atomic E-state index is 12.7. The van der Waals surface area contributed by atoms with Crippen LogP contribution < -0.4 is 10.6 Å². The third-order valence-electron chi connectivity index (χ3n) is 4.53. The Labute approximate surface area is 166 Å². The van der Waals surface area contributed by atoms with Crippen LogP contribution in [0, 0.1) is 17.2 Å². The fraction of sp³-hybridized carbons (Fsp3) is 0.348. The van der Waals surface area contributed by atoms with Gasteiger partial charge in [0.15, 0.2) is 0 Å². The summed E-state index contributed by atoms with van der Waals surface area (Å²) in [6, 6.07) is 15.4. The van der Waals surface area contributed by atoms with Crippen LogP contribution in [0.4, 0.5) is 5.69 Å². The first-order chi connectivity index (χ1) is 13.1. The van der Waals surface area contributed by atoms with Crippen LogP contribution in [0.5, 0.6) is 0 Å². The van der Waals surface area contributed by atoms with Crippen molar-refractivity contribution in [3.05, 3.63) is 65.2 Å². The van der Waals surface area contributed by atoms with E-state index in [1.165, 1.54) is 0 Å². The van der Waals surface area contributed by atoms with E-state index in [-0.39, 0.29) is 23.1 Å². The summed E-state index contributed by atoms with van der Waals surface area (Å²) in [4.78, 5) is 25.3. The first-order valence-corrected chi connectivity index (χ1v) is 9.34. The molecule has 2 aromatic rings. The normalized spacial score (nSPS) is 12.2. The van der Waals surface area contributed by atoms with Crippen LogP contribution in [0.25, 0.3) is 0 Å². The first kappa shape index (κ1) is 21.2. The van der Waals surface area contributed by atoms with E-state index >= 15 is 0 Å². The van der Waals surface area contributed by atoms with E-state index in [9.17, 15) is 9.59 Å². The van der Waals surface area contributed by atoms with Gasteiger partial charge in [-0.3, -0.25) is 9.59 Å². The Hall–Kier alpha value is -3.13. The number of hydrogen-bond acceptors (Lipinski definition) is 3. The van der Waals surface area contributed by atoms with Crippen LogP contribution in [0.2, 0.25) is 0 Å². The van der Waals surface area contributed by atoms with Gasteiger partial charge in [0.2, 0.25) is 5.91 Å². The topological polar surface area (TPSA) is 82.0 Å². The van der Waals surface area contributed by atoms with Gasteiger partial charge in [-0.25, -0.2) is 0 Å². The molecule has 28 heavy (non-hydrogen) atoms. The molecular formula is C23H27N3O2. The summed E-state index contributed by atoms with van der Waals surface area (Å²) in [5, 5.41) is 14.5. The SMILES string of the molecule is CC(C)[C@H](NC(=O)c1ccc(C(C)(C)C)cc1)C(=O)Nc1ccc(C#N)cc1. The highest BCUT2D eigenvalue weighted by atomic mass is 16.2. The Morgan fingerprint density at radius 3 is 2.00 bits per heavy atom. The average molecular weight is 377 g/mol. The zero-order chi connectivity index (χ0) is 20.9. The molecule has 2 aromatic carbocycles. The third kappa shape index (κ3) is 5.43. The molecule has 0 radical (unpaired) electrons. The predicted octanol–water partition coefficient (Wildman–Crippen LogP) is 4.25. The third-order valence-corrected chi connectivity index (χ3v) is 4.53.